The Morgan fingerprint density at radius 3 is 2.29 bits per heavy atom. The summed E-state index contributed by atoms with van der Waals surface area (Å²) in [7, 11) is 0. The van der Waals surface area contributed by atoms with Gasteiger partial charge < -0.3 is 10.4 Å². The molecule has 0 bridgehead atoms. The number of nitrogens with zero attached hydrogens (tertiary/aromatic N) is 1. The largest absolute Gasteiger partial charge is 0.392 e. The van der Waals surface area contributed by atoms with Crippen LogP contribution in [0.2, 0.25) is 0 Å². The molecule has 0 aliphatic rings. The molecule has 0 fully saturated rings. The summed E-state index contributed by atoms with van der Waals surface area (Å²) in [5, 5.41) is 13.7. The lowest BCUT2D eigenvalue weighted by atomic mass is 9.97. The Balaban J connectivity index is 2.14. The minimum Gasteiger partial charge on any atom is -0.392 e. The van der Waals surface area contributed by atoms with Gasteiger partial charge in [-0.2, -0.15) is 0 Å². The van der Waals surface area contributed by atoms with Gasteiger partial charge in [-0.25, -0.2) is 0 Å². The maximum absolute atomic E-state index is 10.2. The van der Waals surface area contributed by atoms with Crippen molar-refractivity contribution in [1.82, 2.24) is 10.3 Å². The highest BCUT2D eigenvalue weighted by Crippen LogP contribution is 2.21. The van der Waals surface area contributed by atoms with Crippen LogP contribution >= 0.6 is 0 Å². The highest BCUT2D eigenvalue weighted by Gasteiger charge is 2.17. The van der Waals surface area contributed by atoms with Crippen molar-refractivity contribution in [3.63, 3.8) is 0 Å². The Kier molecular flexibility index (Phi) is 5.90. The number of nitrogens with one attached hydrogen (secondary N) is 1. The Morgan fingerprint density at radius 2 is 1.67 bits per heavy atom. The standard InChI is InChI=1S/C18H24N2O/c1-3-14(2)17(21)13-20-18(15-7-5-4-6-8-15)16-9-11-19-12-10-16/h4-12,14,17-18,20-21H,3,13H2,1-2H3. The molecule has 0 saturated carbocycles. The van der Waals surface area contributed by atoms with Gasteiger partial charge in [0.05, 0.1) is 12.1 Å². The number of hydrogen-bond donors (Lipinski definition) is 2. The Morgan fingerprint density at radius 1 is 1.05 bits per heavy atom. The van der Waals surface area contributed by atoms with Gasteiger partial charge in [-0.05, 0) is 29.2 Å². The van der Waals surface area contributed by atoms with Crippen molar-refractivity contribution in [3.05, 3.63) is 66.0 Å². The summed E-state index contributed by atoms with van der Waals surface area (Å²) in [6.45, 7) is 4.76. The number of rotatable bonds is 7. The molecule has 112 valence electrons. The topological polar surface area (TPSA) is 45.1 Å². The van der Waals surface area contributed by atoms with Gasteiger partial charge in [0.2, 0.25) is 0 Å². The molecule has 0 aliphatic heterocycles. The van der Waals surface area contributed by atoms with E-state index >= 15 is 0 Å². The maximum Gasteiger partial charge on any atom is 0.0690 e. The summed E-state index contributed by atoms with van der Waals surface area (Å²) < 4.78 is 0. The van der Waals surface area contributed by atoms with Crippen LogP contribution in [-0.4, -0.2) is 22.7 Å². The average Bonchev–Trinajstić information content (AvgIpc) is 2.56. The van der Waals surface area contributed by atoms with Crippen LogP contribution < -0.4 is 5.32 Å². The molecule has 1 heterocycles. The van der Waals surface area contributed by atoms with Crippen LogP contribution in [0.25, 0.3) is 0 Å². The lowest BCUT2D eigenvalue weighted by molar-refractivity contribution is 0.111. The SMILES string of the molecule is CCC(C)C(O)CNC(c1ccccc1)c1ccncc1. The van der Waals surface area contributed by atoms with Crippen molar-refractivity contribution in [3.8, 4) is 0 Å². The molecule has 2 aromatic rings. The van der Waals surface area contributed by atoms with Gasteiger partial charge in [-0.3, -0.25) is 4.98 Å². The van der Waals surface area contributed by atoms with Crippen molar-refractivity contribution < 1.29 is 5.11 Å². The normalized spacial score (nSPS) is 15.4. The Bertz CT molecular complexity index is 476. The molecule has 3 heteroatoms. The van der Waals surface area contributed by atoms with Crippen molar-refractivity contribution in [2.45, 2.75) is 32.4 Å². The number of aromatic nitrogens is 1. The van der Waals surface area contributed by atoms with Gasteiger partial charge in [0.15, 0.2) is 0 Å². The smallest absolute Gasteiger partial charge is 0.0690 e. The van der Waals surface area contributed by atoms with E-state index in [2.05, 4.69) is 36.3 Å². The zero-order chi connectivity index (χ0) is 15.1. The van der Waals surface area contributed by atoms with E-state index in [0.717, 1.165) is 12.0 Å². The molecule has 2 N–H and O–H groups in total. The fraction of sp³-hybridized carbons (Fsp3) is 0.389. The van der Waals surface area contributed by atoms with Gasteiger partial charge in [0.1, 0.15) is 0 Å². The fourth-order valence-corrected chi connectivity index (χ4v) is 2.34. The molecule has 0 spiro atoms. The van der Waals surface area contributed by atoms with Gasteiger partial charge in [0, 0.05) is 18.9 Å². The van der Waals surface area contributed by atoms with E-state index in [9.17, 15) is 5.11 Å². The van der Waals surface area contributed by atoms with Gasteiger partial charge in [-0.15, -0.1) is 0 Å². The second-order valence-corrected chi connectivity index (χ2v) is 5.49. The number of pyridine rings is 1. The Labute approximate surface area is 127 Å². The van der Waals surface area contributed by atoms with Crippen LogP contribution in [0.15, 0.2) is 54.9 Å². The van der Waals surface area contributed by atoms with E-state index in [0.29, 0.717) is 12.5 Å². The molecule has 1 aromatic carbocycles. The van der Waals surface area contributed by atoms with Crippen molar-refractivity contribution >= 4 is 0 Å². The lowest BCUT2D eigenvalue weighted by Crippen LogP contribution is -2.34. The molecular formula is C18H24N2O. The zero-order valence-corrected chi connectivity index (χ0v) is 12.7. The minimum absolute atomic E-state index is 0.0768. The first kappa shape index (κ1) is 15.7. The molecule has 3 unspecified atom stereocenters. The lowest BCUT2D eigenvalue weighted by Gasteiger charge is -2.24. The van der Waals surface area contributed by atoms with Crippen molar-refractivity contribution in [1.29, 1.82) is 0 Å². The van der Waals surface area contributed by atoms with Gasteiger partial charge in [0.25, 0.3) is 0 Å². The van der Waals surface area contributed by atoms with Gasteiger partial charge in [-0.1, -0.05) is 50.6 Å². The number of hydrogen-bond acceptors (Lipinski definition) is 3. The van der Waals surface area contributed by atoms with Crippen molar-refractivity contribution in [2.24, 2.45) is 5.92 Å². The van der Waals surface area contributed by atoms with Crippen LogP contribution in [0.4, 0.5) is 0 Å². The van der Waals surface area contributed by atoms with E-state index in [4.69, 9.17) is 0 Å². The third-order valence-corrected chi connectivity index (χ3v) is 4.00. The molecule has 3 atom stereocenters. The predicted molar refractivity (Wildman–Crippen MR) is 86.0 cm³/mol. The third-order valence-electron chi connectivity index (χ3n) is 4.00. The average molecular weight is 284 g/mol. The summed E-state index contributed by atoms with van der Waals surface area (Å²) in [5.74, 6) is 0.298. The summed E-state index contributed by atoms with van der Waals surface area (Å²) >= 11 is 0. The molecule has 21 heavy (non-hydrogen) atoms. The predicted octanol–water partition coefficient (Wildman–Crippen LogP) is 3.17. The molecule has 0 aliphatic carbocycles. The molecule has 1 aromatic heterocycles. The van der Waals surface area contributed by atoms with Crippen LogP contribution in [0.1, 0.15) is 37.4 Å². The first-order chi connectivity index (χ1) is 10.2. The molecule has 3 nitrogen and oxygen atoms in total. The van der Waals surface area contributed by atoms with E-state index in [1.54, 1.807) is 12.4 Å². The molecule has 2 rings (SSSR count). The molecular weight excluding hydrogens is 260 g/mol. The van der Waals surface area contributed by atoms with Crippen LogP contribution in [0.3, 0.4) is 0 Å². The molecule has 0 saturated heterocycles. The number of aliphatic hydroxyl groups excluding tert-OH is 1. The first-order valence-electron chi connectivity index (χ1n) is 7.58. The second kappa shape index (κ2) is 7.91. The molecule has 0 amide bonds. The van der Waals surface area contributed by atoms with E-state index in [-0.39, 0.29) is 12.1 Å². The number of aliphatic hydroxyl groups is 1. The fourth-order valence-electron chi connectivity index (χ4n) is 2.34. The highest BCUT2D eigenvalue weighted by molar-refractivity contribution is 5.30. The van der Waals surface area contributed by atoms with Crippen LogP contribution in [-0.2, 0) is 0 Å². The molecule has 0 radical (unpaired) electrons. The van der Waals surface area contributed by atoms with Gasteiger partial charge >= 0.3 is 0 Å². The first-order valence-corrected chi connectivity index (χ1v) is 7.58. The summed E-state index contributed by atoms with van der Waals surface area (Å²) in [6, 6.07) is 14.4. The highest BCUT2D eigenvalue weighted by atomic mass is 16.3. The minimum atomic E-state index is -0.331. The van der Waals surface area contributed by atoms with Crippen LogP contribution in [0.5, 0.6) is 0 Å². The monoisotopic (exact) mass is 284 g/mol. The quantitative estimate of drug-likeness (QED) is 0.821. The van der Waals surface area contributed by atoms with Crippen LogP contribution in [0, 0.1) is 5.92 Å². The zero-order valence-electron chi connectivity index (χ0n) is 12.7. The Hall–Kier alpha value is -1.71. The third kappa shape index (κ3) is 4.38. The van der Waals surface area contributed by atoms with Crippen molar-refractivity contribution in [2.75, 3.05) is 6.54 Å². The number of benzene rings is 1. The van der Waals surface area contributed by atoms with E-state index in [1.807, 2.05) is 30.3 Å². The van der Waals surface area contributed by atoms with E-state index < -0.39 is 0 Å². The van der Waals surface area contributed by atoms with E-state index in [1.165, 1.54) is 5.56 Å². The summed E-state index contributed by atoms with van der Waals surface area (Å²) in [6.07, 6.45) is 4.26. The second-order valence-electron chi connectivity index (χ2n) is 5.49. The summed E-state index contributed by atoms with van der Waals surface area (Å²) in [4.78, 5) is 4.08. The maximum atomic E-state index is 10.2. The summed E-state index contributed by atoms with van der Waals surface area (Å²) in [5.41, 5.74) is 2.35.